The van der Waals surface area contributed by atoms with Crippen molar-refractivity contribution in [2.75, 3.05) is 12.4 Å². The summed E-state index contributed by atoms with van der Waals surface area (Å²) < 4.78 is 18.8. The molecule has 2 aromatic rings. The third-order valence-electron chi connectivity index (χ3n) is 4.75. The fourth-order valence-electron chi connectivity index (χ4n) is 3.27. The van der Waals surface area contributed by atoms with Crippen LogP contribution in [-0.4, -0.2) is 23.5 Å². The summed E-state index contributed by atoms with van der Waals surface area (Å²) in [7, 11) is 1.42. The number of methoxy groups -OCH3 is 1. The highest BCUT2D eigenvalue weighted by Crippen LogP contribution is 2.33. The average molecular weight is 363 g/mol. The van der Waals surface area contributed by atoms with E-state index >= 15 is 0 Å². The van der Waals surface area contributed by atoms with Gasteiger partial charge in [0.2, 0.25) is 5.91 Å². The molecule has 1 saturated carbocycles. The molecule has 2 unspecified atom stereocenters. The highest BCUT2D eigenvalue weighted by molar-refractivity contribution is 7.14. The normalized spacial score (nSPS) is 23.3. The van der Waals surface area contributed by atoms with E-state index in [0.717, 1.165) is 25.7 Å². The van der Waals surface area contributed by atoms with Gasteiger partial charge in [-0.3, -0.25) is 4.79 Å². The number of aromatic nitrogens is 1. The maximum Gasteiger partial charge on any atom is 0.231 e. The molecule has 3 N–H and O–H groups in total. The highest BCUT2D eigenvalue weighted by atomic mass is 32.1. The Morgan fingerprint density at radius 1 is 1.48 bits per heavy atom. The molecule has 0 bridgehead atoms. The summed E-state index contributed by atoms with van der Waals surface area (Å²) in [4.78, 5) is 17.0. The van der Waals surface area contributed by atoms with Crippen LogP contribution in [0.3, 0.4) is 0 Å². The van der Waals surface area contributed by atoms with Gasteiger partial charge in [-0.05, 0) is 38.0 Å². The Balaban J connectivity index is 1.73. The minimum atomic E-state index is -0.485. The SMILES string of the molecule is COc1ccc(-c2csc(NC(=O)C3CCCCC3(C)N)n2)cc1F. The molecular weight excluding hydrogens is 341 g/mol. The summed E-state index contributed by atoms with van der Waals surface area (Å²) in [6, 6.07) is 4.67. The van der Waals surface area contributed by atoms with Crippen molar-refractivity contribution in [1.82, 2.24) is 4.98 Å². The standard InChI is InChI=1S/C18H22FN3O2S/c1-18(20)8-4-3-5-12(18)16(23)22-17-21-14(10-25-17)11-6-7-15(24-2)13(19)9-11/h6-7,9-10,12H,3-5,8,20H2,1-2H3,(H,21,22,23). The lowest BCUT2D eigenvalue weighted by Crippen LogP contribution is -2.51. The van der Waals surface area contributed by atoms with Crippen LogP contribution in [0.4, 0.5) is 9.52 Å². The first kappa shape index (κ1) is 17.8. The number of nitrogens with one attached hydrogen (secondary N) is 1. The first-order valence-corrected chi connectivity index (χ1v) is 9.18. The highest BCUT2D eigenvalue weighted by Gasteiger charge is 2.38. The molecular formula is C18H22FN3O2S. The number of hydrogen-bond acceptors (Lipinski definition) is 5. The smallest absolute Gasteiger partial charge is 0.231 e. The van der Waals surface area contributed by atoms with Gasteiger partial charge in [0.05, 0.1) is 18.7 Å². The molecule has 25 heavy (non-hydrogen) atoms. The van der Waals surface area contributed by atoms with E-state index in [4.69, 9.17) is 10.5 Å². The Labute approximate surface area is 150 Å². The van der Waals surface area contributed by atoms with Crippen LogP contribution >= 0.6 is 11.3 Å². The van der Waals surface area contributed by atoms with E-state index in [0.29, 0.717) is 16.4 Å². The molecule has 5 nitrogen and oxygen atoms in total. The molecule has 1 amide bonds. The molecule has 0 radical (unpaired) electrons. The van der Waals surface area contributed by atoms with Gasteiger partial charge >= 0.3 is 0 Å². The zero-order chi connectivity index (χ0) is 18.0. The molecule has 0 spiro atoms. The first-order chi connectivity index (χ1) is 11.9. The van der Waals surface area contributed by atoms with Crippen LogP contribution in [0.2, 0.25) is 0 Å². The van der Waals surface area contributed by atoms with Gasteiger partial charge in [-0.15, -0.1) is 11.3 Å². The van der Waals surface area contributed by atoms with Gasteiger partial charge in [0.25, 0.3) is 0 Å². The van der Waals surface area contributed by atoms with E-state index in [1.54, 1.807) is 17.5 Å². The molecule has 7 heteroatoms. The molecule has 0 saturated heterocycles. The summed E-state index contributed by atoms with van der Waals surface area (Å²) in [6.45, 7) is 1.93. The second-order valence-electron chi connectivity index (χ2n) is 6.68. The fourth-order valence-corrected chi connectivity index (χ4v) is 3.99. The predicted octanol–water partition coefficient (Wildman–Crippen LogP) is 3.80. The van der Waals surface area contributed by atoms with E-state index in [1.807, 2.05) is 6.92 Å². The molecule has 1 aromatic heterocycles. The molecule has 3 rings (SSSR count). The number of carbonyl (C=O) groups excluding carboxylic acids is 1. The number of amides is 1. The molecule has 2 atom stereocenters. The van der Waals surface area contributed by atoms with Gasteiger partial charge in [-0.1, -0.05) is 12.8 Å². The number of halogens is 1. The lowest BCUT2D eigenvalue weighted by atomic mass is 9.74. The first-order valence-electron chi connectivity index (χ1n) is 8.30. The molecule has 0 aliphatic heterocycles. The Morgan fingerprint density at radius 3 is 2.96 bits per heavy atom. The minimum absolute atomic E-state index is 0.0912. The van der Waals surface area contributed by atoms with Gasteiger partial charge in [-0.2, -0.15) is 0 Å². The second kappa shape index (κ2) is 7.09. The quantitative estimate of drug-likeness (QED) is 0.866. The number of nitrogens with zero attached hydrogens (tertiary/aromatic N) is 1. The van der Waals surface area contributed by atoms with Gasteiger partial charge in [-0.25, -0.2) is 9.37 Å². The maximum atomic E-state index is 13.8. The minimum Gasteiger partial charge on any atom is -0.494 e. The van der Waals surface area contributed by atoms with Crippen LogP contribution in [0.5, 0.6) is 5.75 Å². The van der Waals surface area contributed by atoms with Crippen molar-refractivity contribution < 1.29 is 13.9 Å². The lowest BCUT2D eigenvalue weighted by Gasteiger charge is -2.36. The van der Waals surface area contributed by atoms with Crippen molar-refractivity contribution >= 4 is 22.4 Å². The number of ether oxygens (including phenoxy) is 1. The average Bonchev–Trinajstić information content (AvgIpc) is 3.02. The zero-order valence-electron chi connectivity index (χ0n) is 14.3. The number of carbonyl (C=O) groups is 1. The van der Waals surface area contributed by atoms with E-state index in [1.165, 1.54) is 24.5 Å². The van der Waals surface area contributed by atoms with E-state index in [2.05, 4.69) is 10.3 Å². The van der Waals surface area contributed by atoms with Crippen LogP contribution in [-0.2, 0) is 4.79 Å². The van der Waals surface area contributed by atoms with Crippen LogP contribution in [0.25, 0.3) is 11.3 Å². The van der Waals surface area contributed by atoms with Crippen molar-refractivity contribution in [2.45, 2.75) is 38.1 Å². The molecule has 1 aromatic carbocycles. The number of hydrogen-bond donors (Lipinski definition) is 2. The maximum absolute atomic E-state index is 13.8. The number of nitrogens with two attached hydrogens (primary N) is 1. The summed E-state index contributed by atoms with van der Waals surface area (Å²) in [5, 5.41) is 5.15. The molecule has 1 aliphatic carbocycles. The van der Waals surface area contributed by atoms with Gasteiger partial charge in [0.15, 0.2) is 16.7 Å². The summed E-state index contributed by atoms with van der Waals surface area (Å²) >= 11 is 1.32. The predicted molar refractivity (Wildman–Crippen MR) is 97.2 cm³/mol. The number of rotatable bonds is 4. The number of anilines is 1. The van der Waals surface area contributed by atoms with Crippen molar-refractivity contribution in [1.29, 1.82) is 0 Å². The summed E-state index contributed by atoms with van der Waals surface area (Å²) in [6.07, 6.45) is 3.71. The van der Waals surface area contributed by atoms with Crippen molar-refractivity contribution in [3.63, 3.8) is 0 Å². The largest absolute Gasteiger partial charge is 0.494 e. The van der Waals surface area contributed by atoms with Crippen molar-refractivity contribution in [2.24, 2.45) is 11.7 Å². The van der Waals surface area contributed by atoms with Crippen LogP contribution in [0, 0.1) is 11.7 Å². The molecule has 134 valence electrons. The van der Waals surface area contributed by atoms with Crippen molar-refractivity contribution in [3.8, 4) is 17.0 Å². The summed E-state index contributed by atoms with van der Waals surface area (Å²) in [5.74, 6) is -0.565. The summed E-state index contributed by atoms with van der Waals surface area (Å²) in [5.41, 5.74) is 7.05. The Bertz CT molecular complexity index is 775. The zero-order valence-corrected chi connectivity index (χ0v) is 15.2. The second-order valence-corrected chi connectivity index (χ2v) is 7.54. The van der Waals surface area contributed by atoms with E-state index in [9.17, 15) is 9.18 Å². The molecule has 1 aliphatic rings. The number of thiazole rings is 1. The topological polar surface area (TPSA) is 77.2 Å². The monoisotopic (exact) mass is 363 g/mol. The van der Waals surface area contributed by atoms with Crippen molar-refractivity contribution in [3.05, 3.63) is 29.4 Å². The Morgan fingerprint density at radius 2 is 2.28 bits per heavy atom. The van der Waals surface area contributed by atoms with Gasteiger partial charge in [0, 0.05) is 16.5 Å². The van der Waals surface area contributed by atoms with Crippen LogP contribution < -0.4 is 15.8 Å². The molecule has 1 heterocycles. The van der Waals surface area contributed by atoms with Gasteiger partial charge < -0.3 is 15.8 Å². The number of benzene rings is 1. The Kier molecular flexibility index (Phi) is 5.06. The van der Waals surface area contributed by atoms with E-state index in [-0.39, 0.29) is 17.6 Å². The lowest BCUT2D eigenvalue weighted by molar-refractivity contribution is -0.122. The Hall–Kier alpha value is -1.99. The van der Waals surface area contributed by atoms with E-state index < -0.39 is 11.4 Å². The third kappa shape index (κ3) is 3.82. The fraction of sp³-hybridized carbons (Fsp3) is 0.444. The third-order valence-corrected chi connectivity index (χ3v) is 5.51. The van der Waals surface area contributed by atoms with Gasteiger partial charge in [0.1, 0.15) is 0 Å². The van der Waals surface area contributed by atoms with Crippen LogP contribution in [0.15, 0.2) is 23.6 Å². The van der Waals surface area contributed by atoms with Crippen LogP contribution in [0.1, 0.15) is 32.6 Å². The molecule has 1 fully saturated rings.